The zero-order valence-electron chi connectivity index (χ0n) is 16.3. The molecule has 6 N–H and O–H groups in total. The maximum absolute atomic E-state index is 6.25. The summed E-state index contributed by atoms with van der Waals surface area (Å²) in [4.78, 5) is 5.75. The Bertz CT molecular complexity index is 784. The van der Waals surface area contributed by atoms with Gasteiger partial charge in [-0.05, 0) is 63.3 Å². The van der Waals surface area contributed by atoms with Crippen LogP contribution in [0.1, 0.15) is 24.1 Å². The van der Waals surface area contributed by atoms with Crippen molar-refractivity contribution in [3.05, 3.63) is 59.7 Å². The molecule has 1 aliphatic heterocycles. The molecular formula is C20H31ClN6. The summed E-state index contributed by atoms with van der Waals surface area (Å²) in [5.41, 5.74) is 7.97. The molecule has 0 bridgehead atoms. The number of aromatic amines is 1. The number of hydrogen-bond acceptors (Lipinski definition) is 5. The van der Waals surface area contributed by atoms with Crippen molar-refractivity contribution in [1.29, 1.82) is 0 Å². The molecule has 27 heavy (non-hydrogen) atoms. The van der Waals surface area contributed by atoms with Gasteiger partial charge in [0, 0.05) is 28.2 Å². The standard InChI is InChI=1S/C18H26ClN5.C2H5N/c1-12-7-15(19)8-14-9-16(22-18(12)14)10-21-13(2)24(20)17-5-4-6-23(3)11-17;1-2-3/h7-9,17,21-22H,2,4-6,10-11,20H2,1,3H3;2H,1,3H2. The van der Waals surface area contributed by atoms with Gasteiger partial charge in [-0.25, -0.2) is 5.84 Å². The molecule has 0 radical (unpaired) electrons. The molecule has 6 nitrogen and oxygen atoms in total. The quantitative estimate of drug-likeness (QED) is 0.465. The van der Waals surface area contributed by atoms with Crippen molar-refractivity contribution in [1.82, 2.24) is 20.2 Å². The van der Waals surface area contributed by atoms with Gasteiger partial charge in [0.1, 0.15) is 5.82 Å². The van der Waals surface area contributed by atoms with Gasteiger partial charge in [-0.2, -0.15) is 0 Å². The number of rotatable bonds is 5. The van der Waals surface area contributed by atoms with Gasteiger partial charge in [-0.3, -0.25) is 5.01 Å². The van der Waals surface area contributed by atoms with E-state index in [1.165, 1.54) is 12.6 Å². The summed E-state index contributed by atoms with van der Waals surface area (Å²) >= 11 is 6.13. The van der Waals surface area contributed by atoms with E-state index < -0.39 is 0 Å². The number of halogens is 1. The Morgan fingerprint density at radius 2 is 2.19 bits per heavy atom. The number of H-pyrrole nitrogens is 1. The van der Waals surface area contributed by atoms with E-state index in [9.17, 15) is 0 Å². The Kier molecular flexibility index (Phi) is 7.59. The molecule has 2 aromatic rings. The van der Waals surface area contributed by atoms with Crippen LogP contribution >= 0.6 is 11.6 Å². The summed E-state index contributed by atoms with van der Waals surface area (Å²) in [6.45, 7) is 12.1. The van der Waals surface area contributed by atoms with Gasteiger partial charge < -0.3 is 20.9 Å². The van der Waals surface area contributed by atoms with E-state index >= 15 is 0 Å². The average molecular weight is 391 g/mol. The highest BCUT2D eigenvalue weighted by Gasteiger charge is 2.22. The summed E-state index contributed by atoms with van der Waals surface area (Å²) in [7, 11) is 2.13. The van der Waals surface area contributed by atoms with Crippen molar-refractivity contribution in [3.8, 4) is 0 Å². The van der Waals surface area contributed by atoms with Crippen molar-refractivity contribution in [2.75, 3.05) is 20.1 Å². The first kappa shape index (κ1) is 21.2. The van der Waals surface area contributed by atoms with E-state index in [1.807, 2.05) is 12.1 Å². The van der Waals surface area contributed by atoms with Crippen molar-refractivity contribution in [2.24, 2.45) is 11.6 Å². The third kappa shape index (κ3) is 5.66. The number of nitrogens with one attached hydrogen (secondary N) is 2. The van der Waals surface area contributed by atoms with E-state index in [2.05, 4.69) is 54.1 Å². The van der Waals surface area contributed by atoms with Gasteiger partial charge in [0.25, 0.3) is 0 Å². The second-order valence-electron chi connectivity index (χ2n) is 6.98. The number of likely N-dealkylation sites (tertiary alicyclic amines) is 1. The highest BCUT2D eigenvalue weighted by Crippen LogP contribution is 2.24. The van der Waals surface area contributed by atoms with Gasteiger partial charge in [0.2, 0.25) is 0 Å². The molecule has 1 saturated heterocycles. The van der Waals surface area contributed by atoms with Crippen LogP contribution in [0, 0.1) is 6.92 Å². The van der Waals surface area contributed by atoms with Crippen LogP contribution in [0.3, 0.4) is 0 Å². The third-order valence-corrected chi connectivity index (χ3v) is 4.95. The number of nitrogens with two attached hydrogens (primary N) is 2. The van der Waals surface area contributed by atoms with Gasteiger partial charge in [-0.15, -0.1) is 0 Å². The van der Waals surface area contributed by atoms with Crippen LogP contribution in [-0.2, 0) is 6.54 Å². The Hall–Kier alpha value is -2.15. The maximum atomic E-state index is 6.25. The lowest BCUT2D eigenvalue weighted by Gasteiger charge is -2.37. The summed E-state index contributed by atoms with van der Waals surface area (Å²) in [6.07, 6.45) is 3.52. The van der Waals surface area contributed by atoms with Gasteiger partial charge in [-0.1, -0.05) is 24.8 Å². The van der Waals surface area contributed by atoms with E-state index in [-0.39, 0.29) is 0 Å². The fraction of sp³-hybridized carbons (Fsp3) is 0.400. The van der Waals surface area contributed by atoms with Crippen LogP contribution in [0.2, 0.25) is 5.02 Å². The van der Waals surface area contributed by atoms with Gasteiger partial charge in [0.15, 0.2) is 0 Å². The fourth-order valence-corrected chi connectivity index (χ4v) is 3.69. The van der Waals surface area contributed by atoms with E-state index in [1.54, 1.807) is 5.01 Å². The zero-order valence-corrected chi connectivity index (χ0v) is 17.0. The molecule has 1 atom stereocenters. The zero-order chi connectivity index (χ0) is 20.0. The molecule has 1 aromatic carbocycles. The predicted molar refractivity (Wildman–Crippen MR) is 115 cm³/mol. The first-order chi connectivity index (χ1) is 12.8. The van der Waals surface area contributed by atoms with Crippen LogP contribution in [0.15, 0.2) is 43.4 Å². The topological polar surface area (TPSA) is 86.3 Å². The van der Waals surface area contributed by atoms with Crippen molar-refractivity contribution in [2.45, 2.75) is 32.4 Å². The lowest BCUT2D eigenvalue weighted by molar-refractivity contribution is 0.134. The number of hydrazine groups is 1. The smallest absolute Gasteiger partial charge is 0.109 e. The third-order valence-electron chi connectivity index (χ3n) is 4.73. The molecule has 1 fully saturated rings. The van der Waals surface area contributed by atoms with Crippen LogP contribution in [0.25, 0.3) is 10.9 Å². The molecule has 1 unspecified atom stereocenters. The number of hydrogen-bond donors (Lipinski definition) is 4. The normalized spacial score (nSPS) is 17.1. The van der Waals surface area contributed by atoms with Gasteiger partial charge in [0.05, 0.1) is 12.6 Å². The summed E-state index contributed by atoms with van der Waals surface area (Å²) in [5, 5.41) is 7.00. The lowest BCUT2D eigenvalue weighted by atomic mass is 10.1. The molecule has 0 aliphatic carbocycles. The number of fused-ring (bicyclic) bond motifs is 1. The van der Waals surface area contributed by atoms with E-state index in [4.69, 9.17) is 17.4 Å². The molecule has 148 valence electrons. The second kappa shape index (κ2) is 9.69. The minimum Gasteiger partial charge on any atom is -0.405 e. The maximum Gasteiger partial charge on any atom is 0.109 e. The highest BCUT2D eigenvalue weighted by molar-refractivity contribution is 6.31. The first-order valence-electron chi connectivity index (χ1n) is 9.11. The molecule has 1 aromatic heterocycles. The van der Waals surface area contributed by atoms with E-state index in [0.29, 0.717) is 12.6 Å². The predicted octanol–water partition coefficient (Wildman–Crippen LogP) is 3.05. The summed E-state index contributed by atoms with van der Waals surface area (Å²) in [5.74, 6) is 7.01. The largest absolute Gasteiger partial charge is 0.405 e. The second-order valence-corrected chi connectivity index (χ2v) is 7.42. The number of aryl methyl sites for hydroxylation is 1. The number of benzene rings is 1. The summed E-state index contributed by atoms with van der Waals surface area (Å²) in [6, 6.07) is 6.38. The number of likely N-dealkylation sites (N-methyl/N-ethyl adjacent to an activating group) is 1. The average Bonchev–Trinajstić information content (AvgIpc) is 3.03. The van der Waals surface area contributed by atoms with Crippen molar-refractivity contribution < 1.29 is 0 Å². The van der Waals surface area contributed by atoms with Crippen LogP contribution in [-0.4, -0.2) is 41.1 Å². The first-order valence-corrected chi connectivity index (χ1v) is 9.49. The SMILES string of the molecule is C=C(NCc1cc2cc(Cl)cc(C)c2[nH]1)N(N)C1CCCN(C)C1.C=CN. The van der Waals surface area contributed by atoms with Gasteiger partial charge >= 0.3 is 0 Å². The van der Waals surface area contributed by atoms with Crippen molar-refractivity contribution in [3.63, 3.8) is 0 Å². The number of piperidine rings is 1. The molecule has 3 rings (SSSR count). The van der Waals surface area contributed by atoms with Crippen LogP contribution in [0.4, 0.5) is 0 Å². The molecule has 1 aliphatic rings. The Morgan fingerprint density at radius 1 is 1.48 bits per heavy atom. The van der Waals surface area contributed by atoms with Crippen LogP contribution < -0.4 is 16.9 Å². The Balaban J connectivity index is 0.000000817. The minimum absolute atomic E-state index is 0.313. The molecule has 0 saturated carbocycles. The number of aromatic nitrogens is 1. The fourth-order valence-electron chi connectivity index (χ4n) is 3.41. The monoisotopic (exact) mass is 390 g/mol. The Morgan fingerprint density at radius 3 is 2.85 bits per heavy atom. The minimum atomic E-state index is 0.313. The molecule has 7 heteroatoms. The highest BCUT2D eigenvalue weighted by atomic mass is 35.5. The lowest BCUT2D eigenvalue weighted by Crippen LogP contribution is -2.51. The summed E-state index contributed by atoms with van der Waals surface area (Å²) < 4.78 is 0. The number of nitrogens with zero attached hydrogens (tertiary/aromatic N) is 2. The van der Waals surface area contributed by atoms with Crippen molar-refractivity contribution >= 4 is 22.5 Å². The molecular weight excluding hydrogens is 360 g/mol. The van der Waals surface area contributed by atoms with E-state index in [0.717, 1.165) is 52.5 Å². The molecule has 0 spiro atoms. The van der Waals surface area contributed by atoms with Crippen LogP contribution in [0.5, 0.6) is 0 Å². The molecule has 2 heterocycles. The molecule has 0 amide bonds. The Labute approximate surface area is 166 Å².